The molecule has 0 radical (unpaired) electrons. The molecule has 0 aliphatic heterocycles. The van der Waals surface area contributed by atoms with Crippen LogP contribution in [0.3, 0.4) is 0 Å². The van der Waals surface area contributed by atoms with Crippen LogP contribution in [-0.4, -0.2) is 19.2 Å². The topological polar surface area (TPSA) is 76.4 Å². The number of nitrogen functional groups attached to an aromatic ring is 1. The van der Waals surface area contributed by atoms with Gasteiger partial charge in [-0.1, -0.05) is 29.8 Å². The zero-order valence-corrected chi connectivity index (χ0v) is 13.7. The lowest BCUT2D eigenvalue weighted by atomic mass is 10.2. The van der Waals surface area contributed by atoms with Gasteiger partial charge >= 0.3 is 6.03 Å². The number of aryl methyl sites for hydroxylation is 1. The number of rotatable bonds is 6. The number of carbonyl (C=O) groups is 1. The Hall–Kier alpha value is -2.40. The Balaban J connectivity index is 1.67. The van der Waals surface area contributed by atoms with E-state index in [4.69, 9.17) is 22.1 Å². The van der Waals surface area contributed by atoms with Crippen LogP contribution in [0.15, 0.2) is 42.5 Å². The highest BCUT2D eigenvalue weighted by atomic mass is 35.5. The fourth-order valence-electron chi connectivity index (χ4n) is 1.95. The van der Waals surface area contributed by atoms with Gasteiger partial charge in [0, 0.05) is 12.2 Å². The lowest BCUT2D eigenvalue weighted by Crippen LogP contribution is -2.30. The number of nitrogens with two attached hydrogens (primary N) is 1. The van der Waals surface area contributed by atoms with Crippen molar-refractivity contribution in [2.45, 2.75) is 13.3 Å². The molecule has 0 unspecified atom stereocenters. The van der Waals surface area contributed by atoms with E-state index in [1.165, 1.54) is 0 Å². The monoisotopic (exact) mass is 333 g/mol. The van der Waals surface area contributed by atoms with Crippen molar-refractivity contribution in [2.24, 2.45) is 0 Å². The van der Waals surface area contributed by atoms with E-state index in [1.807, 2.05) is 31.2 Å². The molecule has 0 saturated carbocycles. The first kappa shape index (κ1) is 17.0. The van der Waals surface area contributed by atoms with Crippen LogP contribution in [-0.2, 0) is 0 Å². The van der Waals surface area contributed by atoms with Gasteiger partial charge in [-0.05, 0) is 43.2 Å². The highest BCUT2D eigenvalue weighted by Gasteiger charge is 2.03. The van der Waals surface area contributed by atoms with Crippen molar-refractivity contribution in [3.05, 3.63) is 53.1 Å². The number of hydrogen-bond donors (Lipinski definition) is 3. The molecule has 0 aliphatic carbocycles. The molecule has 0 bridgehead atoms. The zero-order valence-electron chi connectivity index (χ0n) is 12.9. The molecule has 2 rings (SSSR count). The molecule has 0 spiro atoms. The number of carbonyl (C=O) groups excluding carboxylic acids is 1. The van der Waals surface area contributed by atoms with Crippen molar-refractivity contribution in [1.29, 1.82) is 0 Å². The van der Waals surface area contributed by atoms with Crippen LogP contribution in [0.4, 0.5) is 16.2 Å². The predicted molar refractivity (Wildman–Crippen MR) is 94.2 cm³/mol. The minimum atomic E-state index is -0.290. The minimum Gasteiger partial charge on any atom is -0.493 e. The van der Waals surface area contributed by atoms with Gasteiger partial charge in [-0.2, -0.15) is 0 Å². The number of hydrogen-bond acceptors (Lipinski definition) is 3. The highest BCUT2D eigenvalue weighted by molar-refractivity contribution is 6.33. The predicted octanol–water partition coefficient (Wildman–Crippen LogP) is 3.82. The molecular weight excluding hydrogens is 314 g/mol. The second kappa shape index (κ2) is 8.29. The number of para-hydroxylation sites is 1. The Bertz CT molecular complexity index is 677. The van der Waals surface area contributed by atoms with E-state index >= 15 is 0 Å². The number of halogens is 1. The van der Waals surface area contributed by atoms with Gasteiger partial charge in [0.1, 0.15) is 5.75 Å². The zero-order chi connectivity index (χ0) is 16.7. The summed E-state index contributed by atoms with van der Waals surface area (Å²) in [5.41, 5.74) is 7.79. The van der Waals surface area contributed by atoms with Gasteiger partial charge in [-0.15, -0.1) is 0 Å². The number of urea groups is 1. The number of anilines is 2. The molecule has 2 aromatic rings. The van der Waals surface area contributed by atoms with Crippen LogP contribution >= 0.6 is 11.6 Å². The largest absolute Gasteiger partial charge is 0.493 e. The number of amides is 2. The van der Waals surface area contributed by atoms with Gasteiger partial charge in [0.25, 0.3) is 0 Å². The van der Waals surface area contributed by atoms with E-state index in [0.29, 0.717) is 36.0 Å². The second-order valence-electron chi connectivity index (χ2n) is 5.08. The molecule has 6 heteroatoms. The maximum atomic E-state index is 11.8. The van der Waals surface area contributed by atoms with Gasteiger partial charge in [0.2, 0.25) is 0 Å². The SMILES string of the molecule is Cc1ccccc1OCCCNC(=O)Nc1ccc(N)c(Cl)c1. The van der Waals surface area contributed by atoms with E-state index in [9.17, 15) is 4.79 Å². The minimum absolute atomic E-state index is 0.290. The van der Waals surface area contributed by atoms with Gasteiger partial charge < -0.3 is 21.1 Å². The van der Waals surface area contributed by atoms with Crippen LogP contribution < -0.4 is 21.1 Å². The van der Waals surface area contributed by atoms with Crippen molar-refractivity contribution < 1.29 is 9.53 Å². The second-order valence-corrected chi connectivity index (χ2v) is 5.49. The summed E-state index contributed by atoms with van der Waals surface area (Å²) in [6.07, 6.45) is 0.713. The standard InChI is InChI=1S/C17H20ClN3O2/c1-12-5-2-3-6-16(12)23-10-4-9-20-17(22)21-13-7-8-15(19)14(18)11-13/h2-3,5-8,11H,4,9-10,19H2,1H3,(H2,20,21,22). The molecular formula is C17H20ClN3O2. The fourth-order valence-corrected chi connectivity index (χ4v) is 2.14. The van der Waals surface area contributed by atoms with Crippen LogP contribution in [0.5, 0.6) is 5.75 Å². The molecule has 5 nitrogen and oxygen atoms in total. The van der Waals surface area contributed by atoms with Crippen molar-refractivity contribution in [3.63, 3.8) is 0 Å². The normalized spacial score (nSPS) is 10.2. The average Bonchev–Trinajstić information content (AvgIpc) is 2.52. The summed E-state index contributed by atoms with van der Waals surface area (Å²) in [6.45, 7) is 3.05. The first-order valence-corrected chi connectivity index (χ1v) is 7.72. The van der Waals surface area contributed by atoms with Gasteiger partial charge in [0.15, 0.2) is 0 Å². The summed E-state index contributed by atoms with van der Waals surface area (Å²) in [4.78, 5) is 11.8. The fraction of sp³-hybridized carbons (Fsp3) is 0.235. The van der Waals surface area contributed by atoms with Crippen molar-refractivity contribution in [1.82, 2.24) is 5.32 Å². The Kier molecular flexibility index (Phi) is 6.11. The molecule has 0 saturated heterocycles. The lowest BCUT2D eigenvalue weighted by molar-refractivity contribution is 0.250. The van der Waals surface area contributed by atoms with Gasteiger partial charge in [0.05, 0.1) is 17.3 Å². The maximum Gasteiger partial charge on any atom is 0.319 e. The number of nitrogens with one attached hydrogen (secondary N) is 2. The summed E-state index contributed by atoms with van der Waals surface area (Å²) in [7, 11) is 0. The molecule has 0 heterocycles. The number of benzene rings is 2. The first-order chi connectivity index (χ1) is 11.1. The lowest BCUT2D eigenvalue weighted by Gasteiger charge is -2.10. The summed E-state index contributed by atoms with van der Waals surface area (Å²) < 4.78 is 5.66. The molecule has 2 amide bonds. The summed E-state index contributed by atoms with van der Waals surface area (Å²) >= 11 is 5.90. The van der Waals surface area contributed by atoms with Crippen LogP contribution in [0, 0.1) is 6.92 Å². The molecule has 122 valence electrons. The smallest absolute Gasteiger partial charge is 0.319 e. The molecule has 0 aromatic heterocycles. The maximum absolute atomic E-state index is 11.8. The van der Waals surface area contributed by atoms with E-state index in [0.717, 1.165) is 11.3 Å². The van der Waals surface area contributed by atoms with E-state index in [1.54, 1.807) is 18.2 Å². The van der Waals surface area contributed by atoms with E-state index < -0.39 is 0 Å². The van der Waals surface area contributed by atoms with E-state index in [2.05, 4.69) is 10.6 Å². The Morgan fingerprint density at radius 1 is 1.26 bits per heavy atom. The van der Waals surface area contributed by atoms with Gasteiger partial charge in [-0.3, -0.25) is 0 Å². The molecule has 0 aliphatic rings. The summed E-state index contributed by atoms with van der Waals surface area (Å²) in [5.74, 6) is 0.869. The molecule has 0 fully saturated rings. The molecule has 2 aromatic carbocycles. The highest BCUT2D eigenvalue weighted by Crippen LogP contribution is 2.22. The third-order valence-corrected chi connectivity index (χ3v) is 3.54. The Morgan fingerprint density at radius 2 is 2.04 bits per heavy atom. The van der Waals surface area contributed by atoms with Crippen LogP contribution in [0.25, 0.3) is 0 Å². The summed E-state index contributed by atoms with van der Waals surface area (Å²) in [6, 6.07) is 12.5. The Labute approximate surface area is 140 Å². The average molecular weight is 334 g/mol. The molecule has 0 atom stereocenters. The third-order valence-electron chi connectivity index (χ3n) is 3.22. The summed E-state index contributed by atoms with van der Waals surface area (Å²) in [5, 5.41) is 5.87. The van der Waals surface area contributed by atoms with E-state index in [-0.39, 0.29) is 6.03 Å². The molecule has 4 N–H and O–H groups in total. The molecule has 23 heavy (non-hydrogen) atoms. The van der Waals surface area contributed by atoms with Crippen molar-refractivity contribution in [3.8, 4) is 5.75 Å². The van der Waals surface area contributed by atoms with Gasteiger partial charge in [-0.25, -0.2) is 4.79 Å². The Morgan fingerprint density at radius 3 is 2.78 bits per heavy atom. The van der Waals surface area contributed by atoms with Crippen molar-refractivity contribution >= 4 is 29.0 Å². The van der Waals surface area contributed by atoms with Crippen molar-refractivity contribution in [2.75, 3.05) is 24.2 Å². The quantitative estimate of drug-likeness (QED) is 0.555. The van der Waals surface area contributed by atoms with Crippen LogP contribution in [0.1, 0.15) is 12.0 Å². The number of ether oxygens (including phenoxy) is 1. The third kappa shape index (κ3) is 5.38. The van der Waals surface area contributed by atoms with Crippen LogP contribution in [0.2, 0.25) is 5.02 Å². The first-order valence-electron chi connectivity index (χ1n) is 7.34.